The van der Waals surface area contributed by atoms with E-state index in [-0.39, 0.29) is 22.8 Å². The van der Waals surface area contributed by atoms with E-state index >= 15 is 0 Å². The molecule has 0 spiro atoms. The molecule has 0 saturated carbocycles. The lowest BCUT2D eigenvalue weighted by Gasteiger charge is -2.46. The van der Waals surface area contributed by atoms with Crippen LogP contribution in [0.4, 0.5) is 5.69 Å². The van der Waals surface area contributed by atoms with Gasteiger partial charge in [0.1, 0.15) is 0 Å². The van der Waals surface area contributed by atoms with Crippen molar-refractivity contribution in [2.45, 2.75) is 63.9 Å². The molecular weight excluding hydrogens is 480 g/mol. The van der Waals surface area contributed by atoms with Gasteiger partial charge in [-0.2, -0.15) is 0 Å². The van der Waals surface area contributed by atoms with Crippen LogP contribution in [0.5, 0.6) is 0 Å². The van der Waals surface area contributed by atoms with Crippen molar-refractivity contribution in [2.75, 3.05) is 37.6 Å². The molecule has 2 aromatic carbocycles. The first kappa shape index (κ1) is 27.9. The predicted octanol–water partition coefficient (Wildman–Crippen LogP) is 5.08. The smallest absolute Gasteiger partial charge is 0.335 e. The standard InChI is InChI=1S/C31H40N2O5/c1-30(2)12-13-31(3,4)28-24(30)19-23(26(34)10-7-21-5-8-22(9-6-21)29(37)38)20-25(28)33-17-15-32(16-18-33)14-11-27(35)36/h5-10,19-20,26,34H,11-18H2,1-4H3,(H,35,36)(H,37,38). The van der Waals surface area contributed by atoms with Crippen molar-refractivity contribution in [1.82, 2.24) is 4.90 Å². The van der Waals surface area contributed by atoms with Crippen LogP contribution in [-0.2, 0) is 15.6 Å². The summed E-state index contributed by atoms with van der Waals surface area (Å²) in [6.45, 7) is 13.0. The average Bonchev–Trinajstić information content (AvgIpc) is 2.88. The monoisotopic (exact) mass is 520 g/mol. The molecule has 1 unspecified atom stereocenters. The lowest BCUT2D eigenvalue weighted by molar-refractivity contribution is -0.137. The summed E-state index contributed by atoms with van der Waals surface area (Å²) in [6, 6.07) is 10.9. The largest absolute Gasteiger partial charge is 0.481 e. The van der Waals surface area contributed by atoms with Gasteiger partial charge < -0.3 is 20.2 Å². The van der Waals surface area contributed by atoms with E-state index in [0.29, 0.717) is 6.54 Å². The second kappa shape index (κ2) is 10.9. The van der Waals surface area contributed by atoms with E-state index in [2.05, 4.69) is 49.6 Å². The van der Waals surface area contributed by atoms with Crippen LogP contribution >= 0.6 is 0 Å². The maximum absolute atomic E-state index is 11.3. The number of aliphatic hydroxyl groups is 1. The Labute approximate surface area is 225 Å². The minimum absolute atomic E-state index is 0.00579. The molecule has 3 N–H and O–H groups in total. The molecule has 204 valence electrons. The van der Waals surface area contributed by atoms with Crippen LogP contribution in [-0.4, -0.2) is 64.9 Å². The number of hydrogen-bond acceptors (Lipinski definition) is 5. The average molecular weight is 521 g/mol. The van der Waals surface area contributed by atoms with Crippen molar-refractivity contribution in [3.63, 3.8) is 0 Å². The maximum Gasteiger partial charge on any atom is 0.335 e. The Morgan fingerprint density at radius 3 is 2.18 bits per heavy atom. The molecule has 0 bridgehead atoms. The molecule has 0 radical (unpaired) electrons. The fourth-order valence-corrected chi connectivity index (χ4v) is 5.71. The van der Waals surface area contributed by atoms with E-state index < -0.39 is 18.0 Å². The van der Waals surface area contributed by atoms with Gasteiger partial charge in [0, 0.05) is 38.4 Å². The highest BCUT2D eigenvalue weighted by atomic mass is 16.4. The van der Waals surface area contributed by atoms with Gasteiger partial charge >= 0.3 is 11.9 Å². The van der Waals surface area contributed by atoms with Crippen LogP contribution in [0.2, 0.25) is 0 Å². The highest BCUT2D eigenvalue weighted by Crippen LogP contribution is 2.50. The summed E-state index contributed by atoms with van der Waals surface area (Å²) in [5, 5.41) is 29.4. The summed E-state index contributed by atoms with van der Waals surface area (Å²) in [4.78, 5) is 26.8. The van der Waals surface area contributed by atoms with Crippen molar-refractivity contribution < 1.29 is 24.9 Å². The minimum atomic E-state index is -0.963. The fourth-order valence-electron chi connectivity index (χ4n) is 5.71. The van der Waals surface area contributed by atoms with E-state index in [1.54, 1.807) is 30.3 Å². The number of rotatable bonds is 8. The van der Waals surface area contributed by atoms with Crippen molar-refractivity contribution in [3.8, 4) is 0 Å². The summed E-state index contributed by atoms with van der Waals surface area (Å²) >= 11 is 0. The number of aromatic carboxylic acids is 1. The van der Waals surface area contributed by atoms with Crippen molar-refractivity contribution in [2.24, 2.45) is 0 Å². The van der Waals surface area contributed by atoms with E-state index in [0.717, 1.165) is 50.1 Å². The lowest BCUT2D eigenvalue weighted by atomic mass is 9.62. The van der Waals surface area contributed by atoms with Crippen molar-refractivity contribution >= 4 is 23.7 Å². The molecular formula is C31H40N2O5. The molecule has 0 amide bonds. The van der Waals surface area contributed by atoms with Gasteiger partial charge in [0.05, 0.1) is 18.1 Å². The number of nitrogens with zero attached hydrogens (tertiary/aromatic N) is 2. The third kappa shape index (κ3) is 6.11. The highest BCUT2D eigenvalue weighted by molar-refractivity contribution is 5.87. The Bertz CT molecular complexity index is 1210. The molecule has 7 heteroatoms. The number of carbonyl (C=O) groups is 2. The number of piperazine rings is 1. The van der Waals surface area contributed by atoms with E-state index in [9.17, 15) is 14.7 Å². The molecule has 7 nitrogen and oxygen atoms in total. The molecule has 1 fully saturated rings. The number of carboxylic acids is 2. The van der Waals surface area contributed by atoms with Gasteiger partial charge in [0.15, 0.2) is 0 Å². The number of carboxylic acid groups (broad SMARTS) is 2. The van der Waals surface area contributed by atoms with Crippen molar-refractivity contribution in [3.05, 3.63) is 70.3 Å². The molecule has 1 aliphatic heterocycles. The third-order valence-electron chi connectivity index (χ3n) is 8.25. The number of hydrogen-bond donors (Lipinski definition) is 3. The molecule has 0 aromatic heterocycles. The summed E-state index contributed by atoms with van der Waals surface area (Å²) in [5.41, 5.74) is 5.70. The summed E-state index contributed by atoms with van der Waals surface area (Å²) in [5.74, 6) is -1.73. The molecule has 38 heavy (non-hydrogen) atoms. The van der Waals surface area contributed by atoms with E-state index in [1.807, 2.05) is 6.08 Å². The number of fused-ring (bicyclic) bond motifs is 1. The summed E-state index contributed by atoms with van der Waals surface area (Å²) < 4.78 is 0. The van der Waals surface area contributed by atoms with Crippen LogP contribution < -0.4 is 4.90 Å². The maximum atomic E-state index is 11.3. The van der Waals surface area contributed by atoms with Gasteiger partial charge in [-0.25, -0.2) is 4.79 Å². The van der Waals surface area contributed by atoms with E-state index in [4.69, 9.17) is 10.2 Å². The molecule has 2 aromatic rings. The number of aliphatic carboxylic acids is 1. The highest BCUT2D eigenvalue weighted by Gasteiger charge is 2.40. The van der Waals surface area contributed by atoms with Crippen LogP contribution in [0.25, 0.3) is 6.08 Å². The topological polar surface area (TPSA) is 101 Å². The van der Waals surface area contributed by atoms with Crippen molar-refractivity contribution in [1.29, 1.82) is 0 Å². The Morgan fingerprint density at radius 1 is 0.947 bits per heavy atom. The first-order chi connectivity index (χ1) is 17.9. The minimum Gasteiger partial charge on any atom is -0.481 e. The Balaban J connectivity index is 1.66. The van der Waals surface area contributed by atoms with E-state index in [1.165, 1.54) is 16.8 Å². The number of aliphatic hydroxyl groups excluding tert-OH is 1. The molecule has 2 aliphatic rings. The molecule has 4 rings (SSSR count). The predicted molar refractivity (Wildman–Crippen MR) is 150 cm³/mol. The first-order valence-electron chi connectivity index (χ1n) is 13.4. The zero-order valence-electron chi connectivity index (χ0n) is 22.9. The number of anilines is 1. The normalized spacial score (nSPS) is 19.8. The van der Waals surface area contributed by atoms with Crippen LogP contribution in [0.3, 0.4) is 0 Å². The summed E-state index contributed by atoms with van der Waals surface area (Å²) in [7, 11) is 0. The Morgan fingerprint density at radius 2 is 1.58 bits per heavy atom. The van der Waals surface area contributed by atoms with Gasteiger partial charge in [-0.05, 0) is 64.1 Å². The van der Waals surface area contributed by atoms with Crippen LogP contribution in [0, 0.1) is 0 Å². The van der Waals surface area contributed by atoms with Gasteiger partial charge in [-0.3, -0.25) is 9.69 Å². The number of benzene rings is 2. The van der Waals surface area contributed by atoms with Crippen LogP contribution in [0.1, 0.15) is 85.7 Å². The van der Waals surface area contributed by atoms with Crippen LogP contribution in [0.15, 0.2) is 42.5 Å². The third-order valence-corrected chi connectivity index (χ3v) is 8.25. The quantitative estimate of drug-likeness (QED) is 0.446. The second-order valence-corrected chi connectivity index (χ2v) is 11.9. The molecule has 1 aliphatic carbocycles. The lowest BCUT2D eigenvalue weighted by Crippen LogP contribution is -2.48. The zero-order chi connectivity index (χ0) is 27.7. The zero-order valence-corrected chi connectivity index (χ0v) is 22.9. The second-order valence-electron chi connectivity index (χ2n) is 11.9. The molecule has 1 saturated heterocycles. The summed E-state index contributed by atoms with van der Waals surface area (Å²) in [6.07, 6.45) is 5.09. The van der Waals surface area contributed by atoms with Gasteiger partial charge in [0.25, 0.3) is 0 Å². The van der Waals surface area contributed by atoms with Gasteiger partial charge in [-0.1, -0.05) is 58.0 Å². The fraction of sp³-hybridized carbons (Fsp3) is 0.484. The SMILES string of the molecule is CC1(C)CCC(C)(C)c2c(N3CCN(CCC(=O)O)CC3)cc(C(O)C=Cc3ccc(C(=O)O)cc3)cc21. The molecule has 1 atom stereocenters. The van der Waals surface area contributed by atoms with Gasteiger partial charge in [-0.15, -0.1) is 0 Å². The Kier molecular flexibility index (Phi) is 8.00. The van der Waals surface area contributed by atoms with Gasteiger partial charge in [0.2, 0.25) is 0 Å². The Hall–Kier alpha value is -3.16. The first-order valence-corrected chi connectivity index (χ1v) is 13.4. The molecule has 1 heterocycles.